The summed E-state index contributed by atoms with van der Waals surface area (Å²) < 4.78 is 0. The number of fused-ring (bicyclic) bond motifs is 1. The minimum atomic E-state index is -0.464. The maximum Gasteiger partial charge on any atom is 0.285 e. The molecule has 0 bridgehead atoms. The Labute approximate surface area is 132 Å². The Balaban J connectivity index is 1.65. The molecular formula is C17H10ClNO3. The van der Waals surface area contributed by atoms with Crippen LogP contribution in [0.15, 0.2) is 48.5 Å². The van der Waals surface area contributed by atoms with Crippen LogP contribution in [0.5, 0.6) is 0 Å². The Hall–Kier alpha value is -2.61. The summed E-state index contributed by atoms with van der Waals surface area (Å²) in [5, 5.41) is 1.38. The molecule has 1 aliphatic heterocycles. The summed E-state index contributed by atoms with van der Waals surface area (Å²) in [6, 6.07) is 13.6. The summed E-state index contributed by atoms with van der Waals surface area (Å²) >= 11 is 5.78. The van der Waals surface area contributed by atoms with E-state index in [4.69, 9.17) is 16.4 Å². The van der Waals surface area contributed by atoms with Crippen LogP contribution in [0.1, 0.15) is 26.3 Å². The molecule has 2 aromatic carbocycles. The molecule has 0 atom stereocenters. The maximum absolute atomic E-state index is 12.0. The number of hydrogen-bond acceptors (Lipinski definition) is 3. The minimum absolute atomic E-state index is 0.0614. The van der Waals surface area contributed by atoms with Crippen LogP contribution in [0.4, 0.5) is 0 Å². The van der Waals surface area contributed by atoms with Crippen LogP contribution in [0.3, 0.4) is 0 Å². The van der Waals surface area contributed by atoms with Crippen molar-refractivity contribution >= 4 is 23.4 Å². The van der Waals surface area contributed by atoms with Crippen molar-refractivity contribution in [3.8, 4) is 11.8 Å². The molecule has 1 heterocycles. The molecule has 22 heavy (non-hydrogen) atoms. The quantitative estimate of drug-likeness (QED) is 0.633. The summed E-state index contributed by atoms with van der Waals surface area (Å²) in [5.74, 6) is 4.69. The zero-order valence-electron chi connectivity index (χ0n) is 11.4. The van der Waals surface area contributed by atoms with E-state index in [9.17, 15) is 9.59 Å². The lowest BCUT2D eigenvalue weighted by molar-refractivity contribution is -0.0782. The zero-order chi connectivity index (χ0) is 15.5. The number of halogens is 1. The molecule has 0 unspecified atom stereocenters. The molecule has 0 saturated carbocycles. The highest BCUT2D eigenvalue weighted by molar-refractivity contribution is 6.30. The van der Waals surface area contributed by atoms with E-state index in [2.05, 4.69) is 11.8 Å². The summed E-state index contributed by atoms with van der Waals surface area (Å²) in [6.07, 6.45) is 0. The van der Waals surface area contributed by atoms with Crippen LogP contribution >= 0.6 is 11.6 Å². The molecule has 108 valence electrons. The number of carbonyl (C=O) groups is 2. The maximum atomic E-state index is 12.0. The average molecular weight is 312 g/mol. The number of hydroxylamine groups is 2. The van der Waals surface area contributed by atoms with Crippen molar-refractivity contribution in [3.63, 3.8) is 0 Å². The van der Waals surface area contributed by atoms with Gasteiger partial charge in [-0.1, -0.05) is 35.6 Å². The predicted molar refractivity (Wildman–Crippen MR) is 81.2 cm³/mol. The van der Waals surface area contributed by atoms with Gasteiger partial charge in [-0.05, 0) is 36.4 Å². The topological polar surface area (TPSA) is 46.6 Å². The summed E-state index contributed by atoms with van der Waals surface area (Å²) in [5.41, 5.74) is 1.46. The van der Waals surface area contributed by atoms with E-state index in [1.54, 1.807) is 48.5 Å². The third kappa shape index (κ3) is 2.73. The van der Waals surface area contributed by atoms with Crippen molar-refractivity contribution in [1.29, 1.82) is 0 Å². The second kappa shape index (κ2) is 6.02. The lowest BCUT2D eigenvalue weighted by Gasteiger charge is -2.10. The van der Waals surface area contributed by atoms with Crippen molar-refractivity contribution in [2.45, 2.75) is 0 Å². The van der Waals surface area contributed by atoms with Gasteiger partial charge < -0.3 is 0 Å². The van der Waals surface area contributed by atoms with Crippen LogP contribution < -0.4 is 0 Å². The molecule has 0 aromatic heterocycles. The predicted octanol–water partition coefficient (Wildman–Crippen LogP) is 2.92. The first-order valence-electron chi connectivity index (χ1n) is 6.52. The monoisotopic (exact) mass is 311 g/mol. The highest BCUT2D eigenvalue weighted by Crippen LogP contribution is 2.22. The molecule has 2 aromatic rings. The van der Waals surface area contributed by atoms with Gasteiger partial charge >= 0.3 is 0 Å². The smallest absolute Gasteiger partial charge is 0.266 e. The van der Waals surface area contributed by atoms with E-state index in [0.29, 0.717) is 16.1 Å². The van der Waals surface area contributed by atoms with Gasteiger partial charge in [0.25, 0.3) is 11.8 Å². The third-order valence-electron chi connectivity index (χ3n) is 3.10. The Morgan fingerprint density at radius 1 is 0.955 bits per heavy atom. The molecule has 1 aliphatic rings. The van der Waals surface area contributed by atoms with Gasteiger partial charge in [0.15, 0.2) is 0 Å². The first-order chi connectivity index (χ1) is 10.7. The molecule has 2 amide bonds. The molecule has 0 spiro atoms. The Bertz CT molecular complexity index is 768. The number of hydrogen-bond donors (Lipinski definition) is 0. The van der Waals surface area contributed by atoms with Crippen molar-refractivity contribution < 1.29 is 14.4 Å². The van der Waals surface area contributed by atoms with Crippen molar-refractivity contribution in [3.05, 3.63) is 70.2 Å². The molecule has 5 heteroatoms. The fraction of sp³-hybridized carbons (Fsp3) is 0.0588. The SMILES string of the molecule is O=C1c2ccccc2C(=O)N1OCC#Cc1ccc(Cl)cc1. The summed E-state index contributed by atoms with van der Waals surface area (Å²) in [7, 11) is 0. The Morgan fingerprint density at radius 3 is 2.14 bits per heavy atom. The Kier molecular flexibility index (Phi) is 3.92. The first-order valence-corrected chi connectivity index (χ1v) is 6.90. The number of amides is 2. The number of benzene rings is 2. The highest BCUT2D eigenvalue weighted by Gasteiger charge is 2.36. The minimum Gasteiger partial charge on any atom is -0.266 e. The van der Waals surface area contributed by atoms with Gasteiger partial charge in [0.1, 0.15) is 6.61 Å². The van der Waals surface area contributed by atoms with E-state index in [1.165, 1.54) is 0 Å². The standard InChI is InChI=1S/C17H10ClNO3/c18-13-9-7-12(8-10-13)4-3-11-22-19-16(20)14-5-1-2-6-15(14)17(19)21/h1-2,5-10H,11H2. The lowest BCUT2D eigenvalue weighted by Crippen LogP contribution is -2.30. The number of carbonyl (C=O) groups excluding carboxylic acids is 2. The summed E-state index contributed by atoms with van der Waals surface area (Å²) in [6.45, 7) is -0.0614. The molecule has 0 radical (unpaired) electrons. The van der Waals surface area contributed by atoms with Crippen molar-refractivity contribution in [2.24, 2.45) is 0 Å². The zero-order valence-corrected chi connectivity index (χ0v) is 12.1. The lowest BCUT2D eigenvalue weighted by atomic mass is 10.1. The summed E-state index contributed by atoms with van der Waals surface area (Å²) in [4.78, 5) is 29.2. The Morgan fingerprint density at radius 2 is 1.55 bits per heavy atom. The first kappa shape index (κ1) is 14.3. The molecule has 3 rings (SSSR count). The molecule has 4 nitrogen and oxygen atoms in total. The van der Waals surface area contributed by atoms with Gasteiger partial charge in [-0.2, -0.15) is 0 Å². The fourth-order valence-corrected chi connectivity index (χ4v) is 2.18. The highest BCUT2D eigenvalue weighted by atomic mass is 35.5. The molecular weight excluding hydrogens is 302 g/mol. The van der Waals surface area contributed by atoms with Gasteiger partial charge in [0, 0.05) is 10.6 Å². The van der Waals surface area contributed by atoms with E-state index < -0.39 is 11.8 Å². The van der Waals surface area contributed by atoms with E-state index in [1.807, 2.05) is 0 Å². The largest absolute Gasteiger partial charge is 0.285 e. The van der Waals surface area contributed by atoms with E-state index in [0.717, 1.165) is 10.6 Å². The van der Waals surface area contributed by atoms with Crippen LogP contribution in [0.25, 0.3) is 0 Å². The molecule has 0 saturated heterocycles. The van der Waals surface area contributed by atoms with Gasteiger partial charge in [-0.15, -0.1) is 5.06 Å². The number of rotatable bonds is 2. The molecule has 0 N–H and O–H groups in total. The second-order valence-electron chi connectivity index (χ2n) is 4.53. The number of nitrogens with zero attached hydrogens (tertiary/aromatic N) is 1. The van der Waals surface area contributed by atoms with Crippen LogP contribution in [-0.2, 0) is 4.84 Å². The fourth-order valence-electron chi connectivity index (χ4n) is 2.05. The second-order valence-corrected chi connectivity index (χ2v) is 4.97. The van der Waals surface area contributed by atoms with Gasteiger partial charge in [-0.25, -0.2) is 4.84 Å². The van der Waals surface area contributed by atoms with Crippen molar-refractivity contribution in [1.82, 2.24) is 5.06 Å². The normalized spacial score (nSPS) is 12.9. The van der Waals surface area contributed by atoms with Crippen molar-refractivity contribution in [2.75, 3.05) is 6.61 Å². The van der Waals surface area contributed by atoms with Gasteiger partial charge in [0.2, 0.25) is 0 Å². The number of imide groups is 1. The average Bonchev–Trinajstić information content (AvgIpc) is 2.78. The third-order valence-corrected chi connectivity index (χ3v) is 3.35. The molecule has 0 fully saturated rings. The van der Waals surface area contributed by atoms with Gasteiger partial charge in [-0.3, -0.25) is 9.59 Å². The van der Waals surface area contributed by atoms with E-state index in [-0.39, 0.29) is 6.61 Å². The van der Waals surface area contributed by atoms with Gasteiger partial charge in [0.05, 0.1) is 11.1 Å². The molecule has 0 aliphatic carbocycles. The van der Waals surface area contributed by atoms with Crippen LogP contribution in [-0.4, -0.2) is 23.5 Å². The van der Waals surface area contributed by atoms with Crippen LogP contribution in [0.2, 0.25) is 5.02 Å². The van der Waals surface area contributed by atoms with E-state index >= 15 is 0 Å². The van der Waals surface area contributed by atoms with Crippen LogP contribution in [0, 0.1) is 11.8 Å².